The van der Waals surface area contributed by atoms with Crippen LogP contribution in [0.25, 0.3) is 0 Å². The Kier molecular flexibility index (Phi) is 4.90. The molecule has 1 atom stereocenters. The Balaban J connectivity index is 2.12. The molecule has 1 N–H and O–H groups in total. The van der Waals surface area contributed by atoms with Crippen LogP contribution in [0.2, 0.25) is 4.34 Å². The number of thiophene rings is 1. The number of halogens is 1. The fourth-order valence-electron chi connectivity index (χ4n) is 2.24. The highest BCUT2D eigenvalue weighted by molar-refractivity contribution is 7.16. The second-order valence-corrected chi connectivity index (χ2v) is 7.88. The summed E-state index contributed by atoms with van der Waals surface area (Å²) in [4.78, 5) is 1.29. The molecule has 0 fully saturated rings. The number of hydrogen-bond acceptors (Lipinski definition) is 2. The SMILES string of the molecule is CNC(Cc1ccc(C(C)(C)C)cc1)c1ccc(Cl)s1. The summed E-state index contributed by atoms with van der Waals surface area (Å²) in [5.74, 6) is 0. The molecule has 1 aromatic heterocycles. The number of rotatable bonds is 4. The van der Waals surface area contributed by atoms with E-state index in [2.05, 4.69) is 56.4 Å². The average Bonchev–Trinajstić information content (AvgIpc) is 2.82. The highest BCUT2D eigenvalue weighted by atomic mass is 35.5. The minimum atomic E-state index is 0.211. The summed E-state index contributed by atoms with van der Waals surface area (Å²) in [5.41, 5.74) is 2.94. The van der Waals surface area contributed by atoms with E-state index in [-0.39, 0.29) is 5.41 Å². The quantitative estimate of drug-likeness (QED) is 0.818. The first-order valence-electron chi connectivity index (χ1n) is 6.92. The molecule has 0 aliphatic heterocycles. The Morgan fingerprint density at radius 1 is 1.10 bits per heavy atom. The molecule has 2 rings (SSSR count). The molecule has 0 aliphatic rings. The van der Waals surface area contributed by atoms with E-state index in [1.165, 1.54) is 16.0 Å². The van der Waals surface area contributed by atoms with Crippen LogP contribution >= 0.6 is 22.9 Å². The molecule has 108 valence electrons. The van der Waals surface area contributed by atoms with Gasteiger partial charge in [0.2, 0.25) is 0 Å². The summed E-state index contributed by atoms with van der Waals surface area (Å²) in [5, 5.41) is 3.38. The van der Waals surface area contributed by atoms with Crippen LogP contribution in [-0.4, -0.2) is 7.05 Å². The van der Waals surface area contributed by atoms with E-state index >= 15 is 0 Å². The van der Waals surface area contributed by atoms with E-state index in [1.54, 1.807) is 11.3 Å². The molecule has 0 aliphatic carbocycles. The Hall–Kier alpha value is -0.830. The van der Waals surface area contributed by atoms with Crippen molar-refractivity contribution in [1.82, 2.24) is 5.32 Å². The van der Waals surface area contributed by atoms with Crippen molar-refractivity contribution in [3.05, 3.63) is 56.7 Å². The topological polar surface area (TPSA) is 12.0 Å². The first kappa shape index (κ1) is 15.6. The summed E-state index contributed by atoms with van der Waals surface area (Å²) in [7, 11) is 2.00. The fraction of sp³-hybridized carbons (Fsp3) is 0.412. The lowest BCUT2D eigenvalue weighted by Crippen LogP contribution is -2.18. The first-order chi connectivity index (χ1) is 9.40. The third-order valence-corrected chi connectivity index (χ3v) is 4.89. The van der Waals surface area contributed by atoms with Crippen molar-refractivity contribution in [3.63, 3.8) is 0 Å². The Morgan fingerprint density at radius 2 is 1.75 bits per heavy atom. The van der Waals surface area contributed by atoms with Crippen molar-refractivity contribution in [1.29, 1.82) is 0 Å². The zero-order chi connectivity index (χ0) is 14.8. The molecule has 0 bridgehead atoms. The zero-order valence-electron chi connectivity index (χ0n) is 12.5. The van der Waals surface area contributed by atoms with Gasteiger partial charge in [0.05, 0.1) is 4.34 Å². The Labute approximate surface area is 131 Å². The lowest BCUT2D eigenvalue weighted by Gasteiger charge is -2.20. The summed E-state index contributed by atoms with van der Waals surface area (Å²) in [6, 6.07) is 13.4. The third kappa shape index (κ3) is 3.85. The molecule has 0 radical (unpaired) electrons. The van der Waals surface area contributed by atoms with Gasteiger partial charge >= 0.3 is 0 Å². The summed E-state index contributed by atoms with van der Waals surface area (Å²) < 4.78 is 0.850. The van der Waals surface area contributed by atoms with Gasteiger partial charge in [0.15, 0.2) is 0 Å². The van der Waals surface area contributed by atoms with Crippen LogP contribution in [-0.2, 0) is 11.8 Å². The largest absolute Gasteiger partial charge is 0.312 e. The standard InChI is InChI=1S/C17H22ClNS/c1-17(2,3)13-7-5-12(6-8-13)11-14(19-4)15-9-10-16(18)20-15/h5-10,14,19H,11H2,1-4H3. The Morgan fingerprint density at radius 3 is 2.20 bits per heavy atom. The van der Waals surface area contributed by atoms with E-state index in [4.69, 9.17) is 11.6 Å². The van der Waals surface area contributed by atoms with Gasteiger partial charge in [-0.2, -0.15) is 0 Å². The molecule has 20 heavy (non-hydrogen) atoms. The molecule has 2 aromatic rings. The molecule has 3 heteroatoms. The smallest absolute Gasteiger partial charge is 0.0931 e. The average molecular weight is 308 g/mol. The van der Waals surface area contributed by atoms with Gasteiger partial charge in [0, 0.05) is 10.9 Å². The number of hydrogen-bond donors (Lipinski definition) is 1. The molecule has 0 amide bonds. The molecule has 0 saturated heterocycles. The van der Waals surface area contributed by atoms with E-state index < -0.39 is 0 Å². The Bertz CT molecular complexity index is 551. The zero-order valence-corrected chi connectivity index (χ0v) is 14.1. The number of benzene rings is 1. The minimum Gasteiger partial charge on any atom is -0.312 e. The van der Waals surface area contributed by atoms with Crippen LogP contribution < -0.4 is 5.32 Å². The maximum Gasteiger partial charge on any atom is 0.0931 e. The predicted octanol–water partition coefficient (Wildman–Crippen LogP) is 5.20. The van der Waals surface area contributed by atoms with Crippen molar-refractivity contribution in [2.24, 2.45) is 0 Å². The van der Waals surface area contributed by atoms with E-state index in [0.717, 1.165) is 10.8 Å². The first-order valence-corrected chi connectivity index (χ1v) is 8.11. The summed E-state index contributed by atoms with van der Waals surface area (Å²) in [6.07, 6.45) is 0.984. The van der Waals surface area contributed by atoms with Crippen molar-refractivity contribution < 1.29 is 0 Å². The molecule has 1 heterocycles. The summed E-state index contributed by atoms with van der Waals surface area (Å²) >= 11 is 7.68. The predicted molar refractivity (Wildman–Crippen MR) is 90.0 cm³/mol. The van der Waals surface area contributed by atoms with E-state index in [0.29, 0.717) is 6.04 Å². The molecular formula is C17H22ClNS. The van der Waals surface area contributed by atoms with Crippen molar-refractivity contribution in [3.8, 4) is 0 Å². The van der Waals surface area contributed by atoms with Gasteiger partial charge in [-0.25, -0.2) is 0 Å². The highest BCUT2D eigenvalue weighted by Gasteiger charge is 2.15. The van der Waals surface area contributed by atoms with E-state index in [1.807, 2.05) is 13.1 Å². The molecule has 0 saturated carbocycles. The van der Waals surface area contributed by atoms with Crippen LogP contribution in [0.3, 0.4) is 0 Å². The second kappa shape index (κ2) is 6.30. The molecular weight excluding hydrogens is 286 g/mol. The molecule has 1 unspecified atom stereocenters. The van der Waals surface area contributed by atoms with Gasteiger partial charge in [-0.1, -0.05) is 56.6 Å². The highest BCUT2D eigenvalue weighted by Crippen LogP contribution is 2.29. The maximum atomic E-state index is 6.03. The number of likely N-dealkylation sites (N-methyl/N-ethyl adjacent to an activating group) is 1. The van der Waals surface area contributed by atoms with Gasteiger partial charge in [0.25, 0.3) is 0 Å². The second-order valence-electron chi connectivity index (χ2n) is 6.13. The molecule has 0 spiro atoms. The van der Waals surface area contributed by atoms with Crippen molar-refractivity contribution in [2.75, 3.05) is 7.05 Å². The normalized spacial score (nSPS) is 13.4. The maximum absolute atomic E-state index is 6.03. The molecule has 1 aromatic carbocycles. The van der Waals surface area contributed by atoms with Crippen LogP contribution in [0.1, 0.15) is 42.8 Å². The summed E-state index contributed by atoms with van der Waals surface area (Å²) in [6.45, 7) is 6.73. The van der Waals surface area contributed by atoms with Crippen molar-refractivity contribution >= 4 is 22.9 Å². The van der Waals surface area contributed by atoms with Crippen LogP contribution in [0.15, 0.2) is 36.4 Å². The van der Waals surface area contributed by atoms with Gasteiger partial charge in [-0.3, -0.25) is 0 Å². The van der Waals surface area contributed by atoms with Gasteiger partial charge in [-0.15, -0.1) is 11.3 Å². The van der Waals surface area contributed by atoms with Crippen molar-refractivity contribution in [2.45, 2.75) is 38.6 Å². The number of nitrogens with one attached hydrogen (secondary N) is 1. The van der Waals surface area contributed by atoms with Crippen LogP contribution in [0.4, 0.5) is 0 Å². The van der Waals surface area contributed by atoms with Crippen LogP contribution in [0.5, 0.6) is 0 Å². The van der Waals surface area contributed by atoms with Gasteiger partial charge in [0.1, 0.15) is 0 Å². The third-order valence-electron chi connectivity index (χ3n) is 3.55. The van der Waals surface area contributed by atoms with Crippen LogP contribution in [0, 0.1) is 0 Å². The lowest BCUT2D eigenvalue weighted by atomic mass is 9.86. The lowest BCUT2D eigenvalue weighted by molar-refractivity contribution is 0.586. The van der Waals surface area contributed by atoms with Gasteiger partial charge in [-0.05, 0) is 42.1 Å². The fourth-order valence-corrected chi connectivity index (χ4v) is 3.41. The monoisotopic (exact) mass is 307 g/mol. The minimum absolute atomic E-state index is 0.211. The molecule has 1 nitrogen and oxygen atoms in total. The van der Waals surface area contributed by atoms with E-state index in [9.17, 15) is 0 Å². The van der Waals surface area contributed by atoms with Gasteiger partial charge < -0.3 is 5.32 Å².